The lowest BCUT2D eigenvalue weighted by Crippen LogP contribution is -2.47. The van der Waals surface area contributed by atoms with E-state index in [0.29, 0.717) is 17.4 Å². The number of benzene rings is 1. The summed E-state index contributed by atoms with van der Waals surface area (Å²) in [4.78, 5) is 5.35. The lowest BCUT2D eigenvalue weighted by Gasteiger charge is -2.35. The van der Waals surface area contributed by atoms with Crippen LogP contribution in [-0.4, -0.2) is 52.3 Å². The van der Waals surface area contributed by atoms with E-state index in [1.807, 2.05) is 12.1 Å². The van der Waals surface area contributed by atoms with Gasteiger partial charge in [-0.15, -0.1) is 5.10 Å². The molecular formula is C18H26N4OS. The molecule has 5 nitrogen and oxygen atoms in total. The molecule has 1 aromatic carbocycles. The van der Waals surface area contributed by atoms with Gasteiger partial charge in [0.2, 0.25) is 5.89 Å². The Kier molecular flexibility index (Phi) is 5.48. The van der Waals surface area contributed by atoms with Gasteiger partial charge < -0.3 is 9.32 Å². The molecule has 0 spiro atoms. The van der Waals surface area contributed by atoms with E-state index in [1.165, 1.54) is 12.1 Å². The van der Waals surface area contributed by atoms with Crippen molar-refractivity contribution in [2.45, 2.75) is 27.4 Å². The maximum Gasteiger partial charge on any atom is 0.288 e. The van der Waals surface area contributed by atoms with E-state index in [2.05, 4.69) is 47.8 Å². The standard InChI is InChI=1S/C18H26N4OS/c1-14(2)12-20-8-10-21(11-9-20)13-22-18(24)23-17(19-22)16-6-4-15(3)5-7-16/h4-7,14H,8-13H2,1-3H3. The van der Waals surface area contributed by atoms with Gasteiger partial charge in [0.1, 0.15) is 0 Å². The van der Waals surface area contributed by atoms with Crippen LogP contribution in [0.1, 0.15) is 19.4 Å². The Bertz CT molecular complexity index is 711. The van der Waals surface area contributed by atoms with E-state index in [9.17, 15) is 0 Å². The van der Waals surface area contributed by atoms with Crippen molar-refractivity contribution in [3.8, 4) is 11.5 Å². The van der Waals surface area contributed by atoms with Crippen LogP contribution in [0.3, 0.4) is 0 Å². The molecule has 1 saturated heterocycles. The molecule has 0 aliphatic carbocycles. The van der Waals surface area contributed by atoms with Crippen LogP contribution in [0.4, 0.5) is 0 Å². The third kappa shape index (κ3) is 4.32. The number of hydrogen-bond donors (Lipinski definition) is 0. The predicted octanol–water partition coefficient (Wildman–Crippen LogP) is 3.41. The summed E-state index contributed by atoms with van der Waals surface area (Å²) in [7, 11) is 0. The Morgan fingerprint density at radius 3 is 2.33 bits per heavy atom. The molecule has 0 amide bonds. The highest BCUT2D eigenvalue weighted by atomic mass is 32.1. The minimum atomic E-state index is 0.440. The van der Waals surface area contributed by atoms with Gasteiger partial charge in [0.05, 0.1) is 6.67 Å². The molecule has 24 heavy (non-hydrogen) atoms. The van der Waals surface area contributed by atoms with Crippen molar-refractivity contribution in [3.05, 3.63) is 34.7 Å². The summed E-state index contributed by atoms with van der Waals surface area (Å²) in [6, 6.07) is 8.15. The maximum absolute atomic E-state index is 5.69. The molecule has 0 N–H and O–H groups in total. The third-order valence-corrected chi connectivity index (χ3v) is 4.62. The Balaban J connectivity index is 1.62. The first-order chi connectivity index (χ1) is 11.5. The SMILES string of the molecule is Cc1ccc(-c2nn(CN3CCN(CC(C)C)CC3)c(=S)o2)cc1. The van der Waals surface area contributed by atoms with E-state index >= 15 is 0 Å². The molecule has 1 aliphatic rings. The van der Waals surface area contributed by atoms with Crippen molar-refractivity contribution >= 4 is 12.2 Å². The molecule has 0 saturated carbocycles. The molecule has 0 unspecified atom stereocenters. The van der Waals surface area contributed by atoms with Crippen LogP contribution >= 0.6 is 12.2 Å². The van der Waals surface area contributed by atoms with Crippen LogP contribution in [0, 0.1) is 17.7 Å². The molecule has 1 fully saturated rings. The second-order valence-corrected chi connectivity index (χ2v) is 7.34. The first kappa shape index (κ1) is 17.3. The topological polar surface area (TPSA) is 37.4 Å². The van der Waals surface area contributed by atoms with E-state index in [4.69, 9.17) is 16.6 Å². The first-order valence-corrected chi connectivity index (χ1v) is 9.02. The molecule has 0 bridgehead atoms. The summed E-state index contributed by atoms with van der Waals surface area (Å²) >= 11 is 5.34. The van der Waals surface area contributed by atoms with Crippen molar-refractivity contribution in [3.63, 3.8) is 0 Å². The molecule has 130 valence electrons. The van der Waals surface area contributed by atoms with Crippen molar-refractivity contribution in [2.75, 3.05) is 32.7 Å². The van der Waals surface area contributed by atoms with Gasteiger partial charge in [-0.25, -0.2) is 4.68 Å². The monoisotopic (exact) mass is 346 g/mol. The second kappa shape index (κ2) is 7.59. The highest BCUT2D eigenvalue weighted by Gasteiger charge is 2.19. The van der Waals surface area contributed by atoms with Gasteiger partial charge in [0, 0.05) is 38.3 Å². The zero-order valence-corrected chi connectivity index (χ0v) is 15.6. The molecule has 1 aliphatic heterocycles. The summed E-state index contributed by atoms with van der Waals surface area (Å²) in [5.74, 6) is 1.32. The molecular weight excluding hydrogens is 320 g/mol. The average molecular weight is 347 g/mol. The Morgan fingerprint density at radius 2 is 1.71 bits per heavy atom. The normalized spacial score (nSPS) is 16.8. The average Bonchev–Trinajstić information content (AvgIpc) is 2.90. The van der Waals surface area contributed by atoms with Gasteiger partial charge in [0.15, 0.2) is 0 Å². The number of rotatable bonds is 5. The van der Waals surface area contributed by atoms with Gasteiger partial charge in [-0.3, -0.25) is 4.90 Å². The highest BCUT2D eigenvalue weighted by molar-refractivity contribution is 7.71. The van der Waals surface area contributed by atoms with Crippen LogP contribution in [0.15, 0.2) is 28.7 Å². The summed E-state index contributed by atoms with van der Waals surface area (Å²) in [5, 5.41) is 4.56. The van der Waals surface area contributed by atoms with Crippen molar-refractivity contribution in [2.24, 2.45) is 5.92 Å². The minimum Gasteiger partial charge on any atom is -0.409 e. The van der Waals surface area contributed by atoms with Crippen LogP contribution < -0.4 is 0 Å². The van der Waals surface area contributed by atoms with Gasteiger partial charge in [-0.1, -0.05) is 31.5 Å². The minimum absolute atomic E-state index is 0.440. The summed E-state index contributed by atoms with van der Waals surface area (Å²) < 4.78 is 7.48. The summed E-state index contributed by atoms with van der Waals surface area (Å²) in [5.41, 5.74) is 2.18. The third-order valence-electron chi connectivity index (χ3n) is 4.33. The maximum atomic E-state index is 5.69. The number of aromatic nitrogens is 2. The quantitative estimate of drug-likeness (QED) is 0.776. The fraction of sp³-hybridized carbons (Fsp3) is 0.556. The lowest BCUT2D eigenvalue weighted by molar-refractivity contribution is 0.0944. The van der Waals surface area contributed by atoms with Gasteiger partial charge >= 0.3 is 0 Å². The van der Waals surface area contributed by atoms with Crippen LogP contribution in [0.2, 0.25) is 0 Å². The van der Waals surface area contributed by atoms with Gasteiger partial charge in [-0.05, 0) is 37.2 Å². The predicted molar refractivity (Wildman–Crippen MR) is 98.4 cm³/mol. The van der Waals surface area contributed by atoms with Gasteiger partial charge in [-0.2, -0.15) is 0 Å². The Morgan fingerprint density at radius 1 is 1.08 bits per heavy atom. The molecule has 6 heteroatoms. The molecule has 0 radical (unpaired) electrons. The van der Waals surface area contributed by atoms with Crippen molar-refractivity contribution in [1.29, 1.82) is 0 Å². The molecule has 3 rings (SSSR count). The molecule has 1 aromatic heterocycles. The van der Waals surface area contributed by atoms with E-state index in [1.54, 1.807) is 4.68 Å². The fourth-order valence-electron chi connectivity index (χ4n) is 3.03. The molecule has 2 heterocycles. The van der Waals surface area contributed by atoms with Gasteiger partial charge in [0.25, 0.3) is 4.84 Å². The number of piperazine rings is 1. The van der Waals surface area contributed by atoms with Crippen LogP contribution in [0.5, 0.6) is 0 Å². The van der Waals surface area contributed by atoms with E-state index in [0.717, 1.165) is 37.7 Å². The highest BCUT2D eigenvalue weighted by Crippen LogP contribution is 2.18. The van der Waals surface area contributed by atoms with Crippen molar-refractivity contribution < 1.29 is 4.42 Å². The van der Waals surface area contributed by atoms with E-state index < -0.39 is 0 Å². The Labute approximate surface area is 148 Å². The number of hydrogen-bond acceptors (Lipinski definition) is 5. The fourth-order valence-corrected chi connectivity index (χ4v) is 3.21. The zero-order valence-electron chi connectivity index (χ0n) is 14.7. The number of nitrogens with zero attached hydrogens (tertiary/aromatic N) is 4. The lowest BCUT2D eigenvalue weighted by atomic mass is 10.1. The second-order valence-electron chi connectivity index (χ2n) is 6.99. The Hall–Kier alpha value is -1.50. The van der Waals surface area contributed by atoms with Crippen LogP contribution in [-0.2, 0) is 6.67 Å². The first-order valence-electron chi connectivity index (χ1n) is 8.61. The summed E-state index contributed by atoms with van der Waals surface area (Å²) in [6.07, 6.45) is 0. The summed E-state index contributed by atoms with van der Waals surface area (Å²) in [6.45, 7) is 12.8. The molecule has 0 atom stereocenters. The largest absolute Gasteiger partial charge is 0.409 e. The zero-order chi connectivity index (χ0) is 17.1. The smallest absolute Gasteiger partial charge is 0.288 e. The van der Waals surface area contributed by atoms with E-state index in [-0.39, 0.29) is 0 Å². The van der Waals surface area contributed by atoms with Crippen LogP contribution in [0.25, 0.3) is 11.5 Å². The molecule has 2 aromatic rings. The number of aryl methyl sites for hydroxylation is 1. The van der Waals surface area contributed by atoms with Crippen molar-refractivity contribution in [1.82, 2.24) is 19.6 Å².